The number of aromatic nitrogens is 3. The van der Waals surface area contributed by atoms with Crippen LogP contribution in [0.4, 0.5) is 5.69 Å². The molecule has 0 saturated heterocycles. The van der Waals surface area contributed by atoms with Gasteiger partial charge in [-0.3, -0.25) is 9.89 Å². The van der Waals surface area contributed by atoms with Crippen molar-refractivity contribution in [1.29, 1.82) is 0 Å². The number of H-pyrrole nitrogens is 1. The van der Waals surface area contributed by atoms with Crippen LogP contribution in [0.15, 0.2) is 53.9 Å². The maximum Gasteiger partial charge on any atom is 0.255 e. The molecule has 3 rings (SSSR count). The topological polar surface area (TPSA) is 90.9 Å². The summed E-state index contributed by atoms with van der Waals surface area (Å²) >= 11 is 1.54. The lowest BCUT2D eigenvalue weighted by Crippen LogP contribution is -2.12. The molecule has 0 unspecified atom stereocenters. The van der Waals surface area contributed by atoms with Crippen LogP contribution in [0.1, 0.15) is 21.5 Å². The third-order valence-corrected chi connectivity index (χ3v) is 4.33. The summed E-state index contributed by atoms with van der Waals surface area (Å²) in [7, 11) is 0. The minimum atomic E-state index is -0.261. The molecule has 3 N–H and O–H groups in total. The van der Waals surface area contributed by atoms with Crippen molar-refractivity contribution in [3.05, 3.63) is 65.5 Å². The highest BCUT2D eigenvalue weighted by molar-refractivity contribution is 7.98. The third kappa shape index (κ3) is 3.94. The first-order chi connectivity index (χ1) is 11.6. The summed E-state index contributed by atoms with van der Waals surface area (Å²) in [6, 6.07) is 12.4. The Labute approximate surface area is 143 Å². The van der Waals surface area contributed by atoms with Gasteiger partial charge in [0, 0.05) is 11.3 Å². The standard InChI is InChI=1S/C17H16N4O2S/c1-11-2-7-14(15(22)8-11)20-16(23)13-5-3-12(4-6-13)9-24-17-18-10-19-21-17/h2-8,10,22H,9H2,1H3,(H,20,23)(H,18,19,21). The Kier molecular flexibility index (Phi) is 4.81. The van der Waals surface area contributed by atoms with Crippen LogP contribution in [-0.4, -0.2) is 26.2 Å². The van der Waals surface area contributed by atoms with Gasteiger partial charge in [-0.25, -0.2) is 4.98 Å². The highest BCUT2D eigenvalue weighted by atomic mass is 32.2. The molecule has 0 aliphatic heterocycles. The molecule has 7 heteroatoms. The molecule has 2 aromatic carbocycles. The smallest absolute Gasteiger partial charge is 0.255 e. The number of aromatic hydroxyl groups is 1. The molecule has 0 aliphatic rings. The second kappa shape index (κ2) is 7.18. The number of nitrogens with zero attached hydrogens (tertiary/aromatic N) is 2. The minimum Gasteiger partial charge on any atom is -0.506 e. The van der Waals surface area contributed by atoms with Gasteiger partial charge in [0.25, 0.3) is 5.91 Å². The van der Waals surface area contributed by atoms with Gasteiger partial charge < -0.3 is 10.4 Å². The predicted molar refractivity (Wildman–Crippen MR) is 93.2 cm³/mol. The molecule has 24 heavy (non-hydrogen) atoms. The van der Waals surface area contributed by atoms with Crippen LogP contribution in [0.5, 0.6) is 5.75 Å². The number of nitrogens with one attached hydrogen (secondary N) is 2. The van der Waals surface area contributed by atoms with Crippen molar-refractivity contribution in [3.63, 3.8) is 0 Å². The Bertz CT molecular complexity index is 832. The number of rotatable bonds is 5. The van der Waals surface area contributed by atoms with Gasteiger partial charge in [-0.05, 0) is 42.3 Å². The van der Waals surface area contributed by atoms with E-state index < -0.39 is 0 Å². The van der Waals surface area contributed by atoms with Gasteiger partial charge in [-0.2, -0.15) is 5.10 Å². The van der Waals surface area contributed by atoms with Gasteiger partial charge in [-0.15, -0.1) is 0 Å². The average Bonchev–Trinajstić information content (AvgIpc) is 3.09. The zero-order chi connectivity index (χ0) is 16.9. The Morgan fingerprint density at radius 2 is 2.04 bits per heavy atom. The number of carbonyl (C=O) groups is 1. The molecule has 0 aliphatic carbocycles. The van der Waals surface area contributed by atoms with E-state index >= 15 is 0 Å². The maximum absolute atomic E-state index is 12.3. The number of aryl methyl sites for hydroxylation is 1. The summed E-state index contributed by atoms with van der Waals surface area (Å²) in [5.41, 5.74) is 2.93. The van der Waals surface area contributed by atoms with Crippen LogP contribution in [0.3, 0.4) is 0 Å². The van der Waals surface area contributed by atoms with Crippen molar-refractivity contribution in [1.82, 2.24) is 15.2 Å². The summed E-state index contributed by atoms with van der Waals surface area (Å²) in [4.78, 5) is 16.3. The fourth-order valence-corrected chi connectivity index (χ4v) is 2.84. The summed E-state index contributed by atoms with van der Waals surface area (Å²) in [5.74, 6) is 0.530. The predicted octanol–water partition coefficient (Wildman–Crippen LogP) is 3.36. The Balaban J connectivity index is 1.63. The van der Waals surface area contributed by atoms with E-state index in [0.29, 0.717) is 11.3 Å². The monoisotopic (exact) mass is 340 g/mol. The van der Waals surface area contributed by atoms with Crippen molar-refractivity contribution in [2.75, 3.05) is 5.32 Å². The van der Waals surface area contributed by atoms with E-state index in [0.717, 1.165) is 22.0 Å². The van der Waals surface area contributed by atoms with Crippen molar-refractivity contribution >= 4 is 23.4 Å². The lowest BCUT2D eigenvalue weighted by molar-refractivity contribution is 0.102. The Hall–Kier alpha value is -2.80. The summed E-state index contributed by atoms with van der Waals surface area (Å²) < 4.78 is 0. The second-order valence-electron chi connectivity index (χ2n) is 5.25. The van der Waals surface area contributed by atoms with E-state index in [-0.39, 0.29) is 11.7 Å². The minimum absolute atomic E-state index is 0.0587. The molecule has 0 spiro atoms. The van der Waals surface area contributed by atoms with E-state index in [2.05, 4.69) is 20.5 Å². The van der Waals surface area contributed by atoms with Crippen LogP contribution in [0.2, 0.25) is 0 Å². The second-order valence-corrected chi connectivity index (χ2v) is 6.21. The average molecular weight is 340 g/mol. The number of phenols is 1. The third-order valence-electron chi connectivity index (χ3n) is 3.39. The number of phenolic OH excluding ortho intramolecular Hbond substituents is 1. The molecule has 1 amide bonds. The Morgan fingerprint density at radius 3 is 2.71 bits per heavy atom. The van der Waals surface area contributed by atoms with Gasteiger partial charge in [0.05, 0.1) is 5.69 Å². The number of thioether (sulfide) groups is 1. The zero-order valence-corrected chi connectivity index (χ0v) is 13.8. The van der Waals surface area contributed by atoms with Gasteiger partial charge >= 0.3 is 0 Å². The highest BCUT2D eigenvalue weighted by Crippen LogP contribution is 2.24. The molecule has 1 aromatic heterocycles. The Morgan fingerprint density at radius 1 is 1.25 bits per heavy atom. The van der Waals surface area contributed by atoms with Gasteiger partial charge in [0.1, 0.15) is 12.1 Å². The van der Waals surface area contributed by atoms with E-state index in [9.17, 15) is 9.90 Å². The normalized spacial score (nSPS) is 10.5. The molecule has 0 saturated carbocycles. The molecule has 0 bridgehead atoms. The van der Waals surface area contributed by atoms with Gasteiger partial charge in [0.15, 0.2) is 5.16 Å². The number of amides is 1. The molecule has 0 fully saturated rings. The molecule has 6 nitrogen and oxygen atoms in total. The van der Waals surface area contributed by atoms with Crippen LogP contribution in [0.25, 0.3) is 0 Å². The molecule has 3 aromatic rings. The molecule has 0 atom stereocenters. The number of hydrogen-bond acceptors (Lipinski definition) is 5. The lowest BCUT2D eigenvalue weighted by Gasteiger charge is -2.08. The van der Waals surface area contributed by atoms with Crippen LogP contribution in [-0.2, 0) is 5.75 Å². The molecule has 122 valence electrons. The number of carbonyl (C=O) groups excluding carboxylic acids is 1. The fraction of sp³-hybridized carbons (Fsp3) is 0.118. The summed E-state index contributed by atoms with van der Waals surface area (Å²) in [5, 5.41) is 19.9. The molecule has 1 heterocycles. The van der Waals surface area contributed by atoms with E-state index in [1.807, 2.05) is 25.1 Å². The van der Waals surface area contributed by atoms with E-state index in [4.69, 9.17) is 0 Å². The fourth-order valence-electron chi connectivity index (χ4n) is 2.11. The first kappa shape index (κ1) is 16.1. The number of hydrogen-bond donors (Lipinski definition) is 3. The first-order valence-corrected chi connectivity index (χ1v) is 8.28. The van der Waals surface area contributed by atoms with E-state index in [1.54, 1.807) is 24.3 Å². The van der Waals surface area contributed by atoms with Crippen molar-refractivity contribution in [3.8, 4) is 5.75 Å². The number of aromatic amines is 1. The van der Waals surface area contributed by atoms with Crippen molar-refractivity contribution in [2.24, 2.45) is 0 Å². The van der Waals surface area contributed by atoms with E-state index in [1.165, 1.54) is 18.1 Å². The van der Waals surface area contributed by atoms with Crippen molar-refractivity contribution in [2.45, 2.75) is 17.8 Å². The largest absolute Gasteiger partial charge is 0.506 e. The van der Waals surface area contributed by atoms with Crippen LogP contribution in [0, 0.1) is 6.92 Å². The maximum atomic E-state index is 12.3. The SMILES string of the molecule is Cc1ccc(NC(=O)c2ccc(CSc3ncn[nH]3)cc2)c(O)c1. The number of benzene rings is 2. The molecular weight excluding hydrogens is 324 g/mol. The molecular formula is C17H16N4O2S. The quantitative estimate of drug-likeness (QED) is 0.489. The van der Waals surface area contributed by atoms with Crippen molar-refractivity contribution < 1.29 is 9.90 Å². The van der Waals surface area contributed by atoms with Crippen LogP contribution < -0.4 is 5.32 Å². The van der Waals surface area contributed by atoms with Gasteiger partial charge in [0.2, 0.25) is 0 Å². The lowest BCUT2D eigenvalue weighted by atomic mass is 10.1. The summed E-state index contributed by atoms with van der Waals surface area (Å²) in [6.07, 6.45) is 1.47. The molecule has 0 radical (unpaired) electrons. The van der Waals surface area contributed by atoms with Gasteiger partial charge in [-0.1, -0.05) is 30.0 Å². The zero-order valence-electron chi connectivity index (χ0n) is 13.0. The van der Waals surface area contributed by atoms with Crippen LogP contribution >= 0.6 is 11.8 Å². The number of anilines is 1. The first-order valence-electron chi connectivity index (χ1n) is 7.30. The summed E-state index contributed by atoms with van der Waals surface area (Å²) in [6.45, 7) is 1.88. The highest BCUT2D eigenvalue weighted by Gasteiger charge is 2.09.